The highest BCUT2D eigenvalue weighted by atomic mass is 35.5. The molecule has 1 aliphatic heterocycles. The Hall–Kier alpha value is -1.02. The van der Waals surface area contributed by atoms with Crippen LogP contribution < -0.4 is 4.74 Å². The van der Waals surface area contributed by atoms with E-state index in [0.29, 0.717) is 22.8 Å². The lowest BCUT2D eigenvalue weighted by Crippen LogP contribution is -2.26. The van der Waals surface area contributed by atoms with Crippen LogP contribution >= 0.6 is 11.6 Å². The largest absolute Gasteiger partial charge is 0.489 e. The van der Waals surface area contributed by atoms with Gasteiger partial charge in [0.05, 0.1) is 5.56 Å². The van der Waals surface area contributed by atoms with E-state index in [1.165, 1.54) is 25.7 Å². The van der Waals surface area contributed by atoms with Crippen molar-refractivity contribution >= 4 is 17.4 Å². The average Bonchev–Trinajstić information content (AvgIpc) is 2.39. The van der Waals surface area contributed by atoms with Crippen LogP contribution in [0.5, 0.6) is 5.75 Å². The Bertz CT molecular complexity index is 442. The van der Waals surface area contributed by atoms with Gasteiger partial charge >= 0.3 is 0 Å². The second kappa shape index (κ2) is 6.95. The van der Waals surface area contributed by atoms with Crippen LogP contribution in [0.25, 0.3) is 0 Å². The molecular weight excluding hydrogens is 260 g/mol. The Balaban J connectivity index is 1.87. The number of carbonyl (C=O) groups is 1. The van der Waals surface area contributed by atoms with Gasteiger partial charge in [-0.15, -0.1) is 0 Å². The molecule has 0 radical (unpaired) electrons. The van der Waals surface area contributed by atoms with E-state index in [9.17, 15) is 4.79 Å². The van der Waals surface area contributed by atoms with Gasteiger partial charge in [0.1, 0.15) is 11.9 Å². The molecule has 1 unspecified atom stereocenters. The molecular formula is C16H21ClO2. The first-order chi connectivity index (χ1) is 9.20. The Labute approximate surface area is 120 Å². The van der Waals surface area contributed by atoms with Gasteiger partial charge in [-0.1, -0.05) is 44.2 Å². The third-order valence-electron chi connectivity index (χ3n) is 3.58. The van der Waals surface area contributed by atoms with Crippen molar-refractivity contribution < 1.29 is 9.53 Å². The highest BCUT2D eigenvalue weighted by Gasteiger charge is 2.26. The van der Waals surface area contributed by atoms with Crippen LogP contribution in [0, 0.1) is 0 Å². The maximum absolute atomic E-state index is 12.0. The molecule has 0 aliphatic carbocycles. The zero-order chi connectivity index (χ0) is 13.7. The molecule has 3 heteroatoms. The number of hydrogen-bond acceptors (Lipinski definition) is 2. The van der Waals surface area contributed by atoms with Gasteiger partial charge in [-0.25, -0.2) is 0 Å². The number of unbranched alkanes of at least 4 members (excludes halogenated alkanes) is 4. The first kappa shape index (κ1) is 14.4. The Morgan fingerprint density at radius 3 is 2.84 bits per heavy atom. The van der Waals surface area contributed by atoms with Crippen molar-refractivity contribution in [2.75, 3.05) is 0 Å². The van der Waals surface area contributed by atoms with E-state index in [1.807, 2.05) is 0 Å². The zero-order valence-corrected chi connectivity index (χ0v) is 12.2. The van der Waals surface area contributed by atoms with E-state index in [2.05, 4.69) is 6.92 Å². The van der Waals surface area contributed by atoms with Crippen LogP contribution in [0.1, 0.15) is 62.2 Å². The monoisotopic (exact) mass is 280 g/mol. The molecule has 0 bridgehead atoms. The summed E-state index contributed by atoms with van der Waals surface area (Å²) in [5.41, 5.74) is 0.634. The number of halogens is 1. The standard InChI is InChI=1S/C16H21ClO2/c1-2-3-4-5-6-7-13-11-15(18)14-10-12(17)8-9-16(14)19-13/h8-10,13H,2-7,11H2,1H3. The topological polar surface area (TPSA) is 26.3 Å². The predicted octanol–water partition coefficient (Wildman–Crippen LogP) is 5.03. The quantitative estimate of drug-likeness (QED) is 0.683. The van der Waals surface area contributed by atoms with E-state index < -0.39 is 0 Å². The van der Waals surface area contributed by atoms with E-state index in [4.69, 9.17) is 16.3 Å². The van der Waals surface area contributed by atoms with Crippen molar-refractivity contribution in [1.29, 1.82) is 0 Å². The number of ketones is 1. The summed E-state index contributed by atoms with van der Waals surface area (Å²) in [5, 5.41) is 0.591. The number of rotatable bonds is 6. The van der Waals surface area contributed by atoms with Gasteiger partial charge in [0.2, 0.25) is 0 Å². The Morgan fingerprint density at radius 1 is 1.26 bits per heavy atom. The lowest BCUT2D eigenvalue weighted by molar-refractivity contribution is 0.0835. The Morgan fingerprint density at radius 2 is 2.05 bits per heavy atom. The lowest BCUT2D eigenvalue weighted by Gasteiger charge is -2.25. The van der Waals surface area contributed by atoms with Crippen molar-refractivity contribution in [3.8, 4) is 5.75 Å². The van der Waals surface area contributed by atoms with Gasteiger partial charge in [0, 0.05) is 11.4 Å². The van der Waals surface area contributed by atoms with E-state index in [0.717, 1.165) is 12.8 Å². The molecule has 0 saturated carbocycles. The molecule has 1 heterocycles. The fourth-order valence-corrected chi connectivity index (χ4v) is 2.67. The zero-order valence-electron chi connectivity index (χ0n) is 11.5. The molecule has 2 rings (SSSR count). The number of Topliss-reactive ketones (excluding diaryl/α,β-unsaturated/α-hetero) is 1. The van der Waals surface area contributed by atoms with E-state index >= 15 is 0 Å². The second-order valence-electron chi connectivity index (χ2n) is 5.21. The molecule has 19 heavy (non-hydrogen) atoms. The average molecular weight is 281 g/mol. The summed E-state index contributed by atoms with van der Waals surface area (Å²) in [6.45, 7) is 2.21. The van der Waals surface area contributed by atoms with Gasteiger partial charge in [-0.05, 0) is 31.0 Å². The summed E-state index contributed by atoms with van der Waals surface area (Å²) in [6, 6.07) is 5.28. The molecule has 2 nitrogen and oxygen atoms in total. The van der Waals surface area contributed by atoms with Crippen molar-refractivity contribution in [3.63, 3.8) is 0 Å². The minimum absolute atomic E-state index is 0.0443. The van der Waals surface area contributed by atoms with Gasteiger partial charge in [0.25, 0.3) is 0 Å². The molecule has 0 aromatic heterocycles. The minimum Gasteiger partial charge on any atom is -0.489 e. The summed E-state index contributed by atoms with van der Waals surface area (Å²) in [7, 11) is 0. The smallest absolute Gasteiger partial charge is 0.170 e. The number of hydrogen-bond donors (Lipinski definition) is 0. The summed E-state index contributed by atoms with van der Waals surface area (Å²) >= 11 is 5.90. The summed E-state index contributed by atoms with van der Waals surface area (Å²) in [4.78, 5) is 12.0. The van der Waals surface area contributed by atoms with Crippen LogP contribution in [0.15, 0.2) is 18.2 Å². The van der Waals surface area contributed by atoms with Crippen LogP contribution in [-0.4, -0.2) is 11.9 Å². The fraction of sp³-hybridized carbons (Fsp3) is 0.562. The van der Waals surface area contributed by atoms with Crippen LogP contribution in [0.3, 0.4) is 0 Å². The highest BCUT2D eigenvalue weighted by Crippen LogP contribution is 2.31. The summed E-state index contributed by atoms with van der Waals surface area (Å²) in [6.07, 6.45) is 7.71. The van der Waals surface area contributed by atoms with Crippen molar-refractivity contribution in [2.24, 2.45) is 0 Å². The third-order valence-corrected chi connectivity index (χ3v) is 3.81. The molecule has 1 aromatic carbocycles. The summed E-state index contributed by atoms with van der Waals surface area (Å²) in [5.74, 6) is 0.849. The van der Waals surface area contributed by atoms with Gasteiger partial charge < -0.3 is 4.74 Å². The predicted molar refractivity (Wildman–Crippen MR) is 78.2 cm³/mol. The molecule has 0 N–H and O–H groups in total. The van der Waals surface area contributed by atoms with Crippen molar-refractivity contribution in [2.45, 2.75) is 58.0 Å². The molecule has 1 aliphatic rings. The van der Waals surface area contributed by atoms with Crippen molar-refractivity contribution in [1.82, 2.24) is 0 Å². The molecule has 0 fully saturated rings. The summed E-state index contributed by atoms with van der Waals surface area (Å²) < 4.78 is 5.88. The third kappa shape index (κ3) is 3.97. The van der Waals surface area contributed by atoms with Gasteiger partial charge in [-0.2, -0.15) is 0 Å². The first-order valence-corrected chi connectivity index (χ1v) is 7.58. The van der Waals surface area contributed by atoms with Crippen LogP contribution in [0.4, 0.5) is 0 Å². The van der Waals surface area contributed by atoms with Gasteiger partial charge in [0.15, 0.2) is 5.78 Å². The van der Waals surface area contributed by atoms with Crippen LogP contribution in [-0.2, 0) is 0 Å². The minimum atomic E-state index is 0.0443. The van der Waals surface area contributed by atoms with Gasteiger partial charge in [-0.3, -0.25) is 4.79 Å². The van der Waals surface area contributed by atoms with Crippen molar-refractivity contribution in [3.05, 3.63) is 28.8 Å². The molecule has 1 aromatic rings. The molecule has 104 valence electrons. The molecule has 0 spiro atoms. The normalized spacial score (nSPS) is 18.0. The maximum Gasteiger partial charge on any atom is 0.170 e. The molecule has 0 saturated heterocycles. The number of fused-ring (bicyclic) bond motifs is 1. The number of carbonyl (C=O) groups excluding carboxylic acids is 1. The first-order valence-electron chi connectivity index (χ1n) is 7.20. The molecule has 0 amide bonds. The SMILES string of the molecule is CCCCCCCC1CC(=O)c2cc(Cl)ccc2O1. The maximum atomic E-state index is 12.0. The number of benzene rings is 1. The van der Waals surface area contributed by atoms with Crippen LogP contribution in [0.2, 0.25) is 5.02 Å². The fourth-order valence-electron chi connectivity index (χ4n) is 2.50. The van der Waals surface area contributed by atoms with E-state index in [1.54, 1.807) is 18.2 Å². The van der Waals surface area contributed by atoms with E-state index in [-0.39, 0.29) is 11.9 Å². The highest BCUT2D eigenvalue weighted by molar-refractivity contribution is 6.31. The molecule has 1 atom stereocenters. The Kier molecular flexibility index (Phi) is 5.26. The lowest BCUT2D eigenvalue weighted by atomic mass is 9.97. The number of ether oxygens (including phenoxy) is 1. The second-order valence-corrected chi connectivity index (χ2v) is 5.65.